The van der Waals surface area contributed by atoms with Crippen molar-refractivity contribution in [2.24, 2.45) is 0 Å². The van der Waals surface area contributed by atoms with Gasteiger partial charge >= 0.3 is 17.1 Å². The van der Waals surface area contributed by atoms with Gasteiger partial charge in [-0.15, -0.1) is 0 Å². The van der Waals surface area contributed by atoms with E-state index in [2.05, 4.69) is 6.92 Å². The Kier molecular flexibility index (Phi) is 25.8. The Morgan fingerprint density at radius 2 is 1.82 bits per heavy atom. The maximum Gasteiger partial charge on any atom is 2.00 e. The Labute approximate surface area is 79.9 Å². The first kappa shape index (κ1) is 17.2. The van der Waals surface area contributed by atoms with Crippen LogP contribution in [-0.2, 0) is 21.9 Å². The van der Waals surface area contributed by atoms with Crippen LogP contribution in [0.15, 0.2) is 0 Å². The third-order valence-corrected chi connectivity index (χ3v) is 0.984. The largest absolute Gasteiger partial charge is 2.00 e. The Hall–Kier alpha value is -0.0105. The van der Waals surface area contributed by atoms with Gasteiger partial charge in [-0.25, -0.2) is 0 Å². The third-order valence-electron chi connectivity index (χ3n) is 0.984. The standard InChI is InChI=1S/C6H12O2.C2H5.Mn/c1-2-3-4-5-6(7)8;1-2;/h2-5H2,1H3,(H,7,8);1H2,2H3;/q;-1;+2/p-1. The Morgan fingerprint density at radius 3 is 2.09 bits per heavy atom. The quantitative estimate of drug-likeness (QED) is 0.387. The monoisotopic (exact) mass is 199 g/mol. The van der Waals surface area contributed by atoms with E-state index in [-0.39, 0.29) is 23.5 Å². The van der Waals surface area contributed by atoms with E-state index < -0.39 is 5.97 Å². The molecule has 0 aliphatic heterocycles. The molecule has 0 rings (SSSR count). The first-order chi connectivity index (χ1) is 4.77. The molecule has 67 valence electrons. The van der Waals surface area contributed by atoms with Gasteiger partial charge in [0.1, 0.15) is 0 Å². The minimum Gasteiger partial charge on any atom is -0.550 e. The number of carbonyl (C=O) groups is 1. The number of hydrogen-bond donors (Lipinski definition) is 0. The Morgan fingerprint density at radius 1 is 1.36 bits per heavy atom. The fourth-order valence-corrected chi connectivity index (χ4v) is 0.519. The van der Waals surface area contributed by atoms with Crippen LogP contribution in [-0.4, -0.2) is 5.97 Å². The van der Waals surface area contributed by atoms with Crippen molar-refractivity contribution >= 4 is 5.97 Å². The summed E-state index contributed by atoms with van der Waals surface area (Å²) in [6, 6.07) is 0. The molecule has 3 heteroatoms. The molecular formula is C8H16MnO2. The average molecular weight is 199 g/mol. The second kappa shape index (κ2) is 16.5. The fourth-order valence-electron chi connectivity index (χ4n) is 0.519. The predicted octanol–water partition coefficient (Wildman–Crippen LogP) is 1.15. The van der Waals surface area contributed by atoms with Gasteiger partial charge < -0.3 is 16.8 Å². The van der Waals surface area contributed by atoms with Gasteiger partial charge in [-0.05, 0) is 12.8 Å². The number of carboxylic acid groups (broad SMARTS) is 1. The molecule has 0 aromatic rings. The van der Waals surface area contributed by atoms with E-state index in [1.807, 2.05) is 6.92 Å². The van der Waals surface area contributed by atoms with Gasteiger partial charge in [0.05, 0.1) is 0 Å². The topological polar surface area (TPSA) is 40.1 Å². The minimum atomic E-state index is -0.932. The summed E-state index contributed by atoms with van der Waals surface area (Å²) in [5.74, 6) is -0.932. The van der Waals surface area contributed by atoms with Crippen LogP contribution in [0.2, 0.25) is 0 Å². The summed E-state index contributed by atoms with van der Waals surface area (Å²) in [5.41, 5.74) is 0. The van der Waals surface area contributed by atoms with Crippen LogP contribution in [0.25, 0.3) is 0 Å². The maximum atomic E-state index is 9.76. The molecule has 0 heterocycles. The van der Waals surface area contributed by atoms with E-state index in [0.29, 0.717) is 0 Å². The number of carbonyl (C=O) groups excluding carboxylic acids is 1. The van der Waals surface area contributed by atoms with Crippen LogP contribution >= 0.6 is 0 Å². The summed E-state index contributed by atoms with van der Waals surface area (Å²) in [5, 5.41) is 9.76. The van der Waals surface area contributed by atoms with Crippen molar-refractivity contribution < 1.29 is 27.0 Å². The molecule has 0 saturated heterocycles. The smallest absolute Gasteiger partial charge is 0.550 e. The molecule has 2 nitrogen and oxygen atoms in total. The van der Waals surface area contributed by atoms with Crippen LogP contribution in [0, 0.1) is 6.92 Å². The van der Waals surface area contributed by atoms with Gasteiger partial charge in [0, 0.05) is 5.97 Å². The van der Waals surface area contributed by atoms with Crippen molar-refractivity contribution in [3.8, 4) is 0 Å². The summed E-state index contributed by atoms with van der Waals surface area (Å²) >= 11 is 0. The third kappa shape index (κ3) is 25.6. The molecule has 0 aromatic heterocycles. The molecule has 11 heavy (non-hydrogen) atoms. The van der Waals surface area contributed by atoms with E-state index >= 15 is 0 Å². The van der Waals surface area contributed by atoms with Gasteiger partial charge in [-0.2, -0.15) is 6.92 Å². The molecule has 0 unspecified atom stereocenters. The zero-order valence-electron chi connectivity index (χ0n) is 7.23. The van der Waals surface area contributed by atoms with Crippen LogP contribution in [0.4, 0.5) is 0 Å². The summed E-state index contributed by atoms with van der Waals surface area (Å²) in [6.45, 7) is 7.04. The zero-order chi connectivity index (χ0) is 8.41. The van der Waals surface area contributed by atoms with Crippen molar-refractivity contribution in [3.63, 3.8) is 0 Å². The van der Waals surface area contributed by atoms with E-state index in [9.17, 15) is 9.90 Å². The van der Waals surface area contributed by atoms with E-state index in [0.717, 1.165) is 19.3 Å². The van der Waals surface area contributed by atoms with Gasteiger partial charge in [-0.3, -0.25) is 0 Å². The Balaban J connectivity index is -0.000000196. The first-order valence-electron chi connectivity index (χ1n) is 3.68. The number of carboxylic acids is 1. The molecule has 0 aliphatic carbocycles. The van der Waals surface area contributed by atoms with Crippen molar-refractivity contribution in [1.29, 1.82) is 0 Å². The molecule has 0 aromatic carbocycles. The predicted molar refractivity (Wildman–Crippen MR) is 40.2 cm³/mol. The minimum absolute atomic E-state index is 0. The average Bonchev–Trinajstić information content (AvgIpc) is 1.92. The maximum absolute atomic E-state index is 9.76. The number of hydrogen-bond acceptors (Lipinski definition) is 2. The van der Waals surface area contributed by atoms with Crippen LogP contribution in [0.1, 0.15) is 39.5 Å². The molecule has 0 saturated carbocycles. The molecule has 0 bridgehead atoms. The van der Waals surface area contributed by atoms with Crippen LogP contribution < -0.4 is 5.11 Å². The van der Waals surface area contributed by atoms with E-state index in [4.69, 9.17) is 0 Å². The van der Waals surface area contributed by atoms with E-state index in [1.54, 1.807) is 6.92 Å². The molecule has 0 spiro atoms. The molecule has 0 fully saturated rings. The van der Waals surface area contributed by atoms with Gasteiger partial charge in [0.15, 0.2) is 0 Å². The summed E-state index contributed by atoms with van der Waals surface area (Å²) in [4.78, 5) is 9.76. The molecule has 0 atom stereocenters. The summed E-state index contributed by atoms with van der Waals surface area (Å²) in [7, 11) is 0. The number of rotatable bonds is 4. The second-order valence-electron chi connectivity index (χ2n) is 1.83. The molecular weight excluding hydrogens is 183 g/mol. The van der Waals surface area contributed by atoms with Crippen molar-refractivity contribution in [2.45, 2.75) is 39.5 Å². The molecule has 0 amide bonds. The van der Waals surface area contributed by atoms with Gasteiger partial charge in [0.2, 0.25) is 0 Å². The molecule has 0 aliphatic rings. The normalized spacial score (nSPS) is 7.18. The SMILES string of the molecule is CCCCCC(=O)[O-].[CH2-]C.[Mn+2]. The second-order valence-corrected chi connectivity index (χ2v) is 1.83. The zero-order valence-corrected chi connectivity index (χ0v) is 8.41. The van der Waals surface area contributed by atoms with E-state index in [1.165, 1.54) is 0 Å². The van der Waals surface area contributed by atoms with Crippen molar-refractivity contribution in [3.05, 3.63) is 6.92 Å². The fraction of sp³-hybridized carbons (Fsp3) is 0.750. The molecule has 1 radical (unpaired) electrons. The van der Waals surface area contributed by atoms with Crippen molar-refractivity contribution in [2.75, 3.05) is 0 Å². The van der Waals surface area contributed by atoms with Crippen LogP contribution in [0.5, 0.6) is 0 Å². The summed E-state index contributed by atoms with van der Waals surface area (Å²) in [6.07, 6.45) is 3.04. The van der Waals surface area contributed by atoms with Crippen LogP contribution in [0.3, 0.4) is 0 Å². The summed E-state index contributed by atoms with van der Waals surface area (Å²) < 4.78 is 0. The van der Waals surface area contributed by atoms with Gasteiger partial charge in [0.25, 0.3) is 0 Å². The first-order valence-corrected chi connectivity index (χ1v) is 3.68. The van der Waals surface area contributed by atoms with Crippen molar-refractivity contribution in [1.82, 2.24) is 0 Å². The van der Waals surface area contributed by atoms with Gasteiger partial charge in [-0.1, -0.05) is 19.8 Å². The Bertz CT molecular complexity index is 74.5. The molecule has 0 N–H and O–H groups in total. The number of aliphatic carboxylic acids is 1. The number of unbranched alkanes of at least 4 members (excludes halogenated alkanes) is 2.